The Hall–Kier alpha value is -2.50. The predicted molar refractivity (Wildman–Crippen MR) is 117 cm³/mol. The van der Waals surface area contributed by atoms with E-state index in [2.05, 4.69) is 31.3 Å². The fraction of sp³-hybridized carbons (Fsp3) is 0.545. The SMILES string of the molecule is C(=N/Nc1nnc(N/N=C\C2CCCCC2)c2ccccc12)/C1CCCCC1. The maximum Gasteiger partial charge on any atom is 0.176 e. The van der Waals surface area contributed by atoms with Gasteiger partial charge in [-0.1, -0.05) is 62.8 Å². The van der Waals surface area contributed by atoms with Gasteiger partial charge in [0.1, 0.15) is 0 Å². The van der Waals surface area contributed by atoms with Gasteiger partial charge >= 0.3 is 0 Å². The van der Waals surface area contributed by atoms with Crippen LogP contribution >= 0.6 is 0 Å². The molecule has 0 unspecified atom stereocenters. The second-order valence-corrected chi connectivity index (χ2v) is 8.02. The summed E-state index contributed by atoms with van der Waals surface area (Å²) >= 11 is 0. The van der Waals surface area contributed by atoms with E-state index in [-0.39, 0.29) is 0 Å². The fourth-order valence-corrected chi connectivity index (χ4v) is 4.24. The maximum atomic E-state index is 4.44. The summed E-state index contributed by atoms with van der Waals surface area (Å²) in [6.45, 7) is 0. The Balaban J connectivity index is 1.45. The highest BCUT2D eigenvalue weighted by atomic mass is 15.4. The molecule has 28 heavy (non-hydrogen) atoms. The van der Waals surface area contributed by atoms with E-state index in [1.165, 1.54) is 64.2 Å². The molecular weight excluding hydrogens is 348 g/mol. The van der Waals surface area contributed by atoms with Crippen LogP contribution < -0.4 is 10.9 Å². The van der Waals surface area contributed by atoms with E-state index in [0.29, 0.717) is 23.5 Å². The van der Waals surface area contributed by atoms with Gasteiger partial charge in [-0.05, 0) is 37.5 Å². The third kappa shape index (κ3) is 4.86. The number of fused-ring (bicyclic) bond motifs is 1. The summed E-state index contributed by atoms with van der Waals surface area (Å²) in [5.41, 5.74) is 6.20. The fourth-order valence-electron chi connectivity index (χ4n) is 4.24. The average molecular weight is 379 g/mol. The zero-order valence-corrected chi connectivity index (χ0v) is 16.5. The summed E-state index contributed by atoms with van der Waals surface area (Å²) in [6, 6.07) is 8.10. The summed E-state index contributed by atoms with van der Waals surface area (Å²) in [5, 5.41) is 19.6. The summed E-state index contributed by atoms with van der Waals surface area (Å²) in [4.78, 5) is 0. The molecule has 148 valence electrons. The van der Waals surface area contributed by atoms with E-state index in [1.54, 1.807) is 0 Å². The minimum Gasteiger partial charge on any atom is -0.260 e. The number of hydrogen-bond acceptors (Lipinski definition) is 6. The van der Waals surface area contributed by atoms with Crippen molar-refractivity contribution in [1.82, 2.24) is 10.2 Å². The van der Waals surface area contributed by atoms with Crippen molar-refractivity contribution < 1.29 is 0 Å². The van der Waals surface area contributed by atoms with Crippen molar-refractivity contribution in [1.29, 1.82) is 0 Å². The molecule has 0 bridgehead atoms. The van der Waals surface area contributed by atoms with Crippen molar-refractivity contribution >= 4 is 34.8 Å². The molecule has 2 aliphatic carbocycles. The Kier molecular flexibility index (Phi) is 6.48. The molecule has 2 aliphatic rings. The molecule has 4 rings (SSSR count). The molecule has 1 aromatic heterocycles. The first kappa shape index (κ1) is 18.8. The molecule has 1 heterocycles. The normalized spacial score (nSPS) is 19.6. The first-order valence-corrected chi connectivity index (χ1v) is 10.7. The molecule has 2 fully saturated rings. The number of hydrazone groups is 2. The standard InChI is InChI=1S/C22H30N6/c1-3-9-17(10-4-1)15-23-25-21-19-13-7-8-14-20(19)22(28-27-21)26-24-16-18-11-5-2-6-12-18/h7-8,13-18H,1-6,9-12H2,(H,25,27)(H,26,28)/b23-15-,24-16-. The van der Waals surface area contributed by atoms with Crippen LogP contribution in [0, 0.1) is 11.8 Å². The van der Waals surface area contributed by atoms with Crippen LogP contribution in [0.15, 0.2) is 34.5 Å². The maximum absolute atomic E-state index is 4.44. The lowest BCUT2D eigenvalue weighted by molar-refractivity contribution is 0.445. The van der Waals surface area contributed by atoms with E-state index in [1.807, 2.05) is 36.7 Å². The van der Waals surface area contributed by atoms with Crippen molar-refractivity contribution in [2.75, 3.05) is 10.9 Å². The average Bonchev–Trinajstić information content (AvgIpc) is 2.76. The van der Waals surface area contributed by atoms with Crippen LogP contribution in [-0.2, 0) is 0 Å². The van der Waals surface area contributed by atoms with Gasteiger partial charge in [0, 0.05) is 23.2 Å². The summed E-state index contributed by atoms with van der Waals surface area (Å²) in [6.07, 6.45) is 17.0. The molecule has 0 amide bonds. The lowest BCUT2D eigenvalue weighted by Gasteiger charge is -2.17. The number of nitrogens with one attached hydrogen (secondary N) is 2. The van der Waals surface area contributed by atoms with Gasteiger partial charge < -0.3 is 0 Å². The molecule has 0 aliphatic heterocycles. The highest BCUT2D eigenvalue weighted by Crippen LogP contribution is 2.27. The van der Waals surface area contributed by atoms with Gasteiger partial charge in [0.2, 0.25) is 0 Å². The Labute approximate surface area is 166 Å². The predicted octanol–water partition coefficient (Wildman–Crippen LogP) is 5.59. The first-order chi connectivity index (χ1) is 13.9. The van der Waals surface area contributed by atoms with E-state index >= 15 is 0 Å². The zero-order chi connectivity index (χ0) is 19.0. The van der Waals surface area contributed by atoms with Gasteiger partial charge in [0.15, 0.2) is 11.6 Å². The number of rotatable bonds is 6. The monoisotopic (exact) mass is 378 g/mol. The number of aromatic nitrogens is 2. The molecule has 6 nitrogen and oxygen atoms in total. The molecule has 2 aromatic rings. The molecule has 2 saturated carbocycles. The van der Waals surface area contributed by atoms with E-state index < -0.39 is 0 Å². The summed E-state index contributed by atoms with van der Waals surface area (Å²) in [7, 11) is 0. The highest BCUT2D eigenvalue weighted by molar-refractivity contribution is 5.98. The Morgan fingerprint density at radius 2 is 1.11 bits per heavy atom. The van der Waals surface area contributed by atoms with Gasteiger partial charge in [-0.3, -0.25) is 10.9 Å². The van der Waals surface area contributed by atoms with E-state index in [9.17, 15) is 0 Å². The molecule has 2 N–H and O–H groups in total. The Bertz CT molecular complexity index is 750. The quantitative estimate of drug-likeness (QED) is 0.508. The second-order valence-electron chi connectivity index (χ2n) is 8.02. The number of nitrogens with zero attached hydrogens (tertiary/aromatic N) is 4. The number of benzene rings is 1. The third-order valence-corrected chi connectivity index (χ3v) is 5.90. The van der Waals surface area contributed by atoms with Crippen LogP contribution in [-0.4, -0.2) is 22.6 Å². The minimum atomic E-state index is 0.579. The van der Waals surface area contributed by atoms with Crippen LogP contribution in [0.3, 0.4) is 0 Å². The first-order valence-electron chi connectivity index (χ1n) is 10.7. The van der Waals surface area contributed by atoms with Crippen LogP contribution in [0.5, 0.6) is 0 Å². The molecule has 0 radical (unpaired) electrons. The van der Waals surface area contributed by atoms with E-state index in [0.717, 1.165) is 10.8 Å². The largest absolute Gasteiger partial charge is 0.260 e. The third-order valence-electron chi connectivity index (χ3n) is 5.90. The zero-order valence-electron chi connectivity index (χ0n) is 16.5. The summed E-state index contributed by atoms with van der Waals surface area (Å²) < 4.78 is 0. The highest BCUT2D eigenvalue weighted by Gasteiger charge is 2.13. The van der Waals surface area contributed by atoms with Crippen LogP contribution in [0.4, 0.5) is 11.6 Å². The lowest BCUT2D eigenvalue weighted by atomic mass is 9.90. The van der Waals surface area contributed by atoms with Crippen LogP contribution in [0.1, 0.15) is 64.2 Å². The summed E-state index contributed by atoms with van der Waals surface area (Å²) in [5.74, 6) is 2.53. The topological polar surface area (TPSA) is 74.6 Å². The van der Waals surface area contributed by atoms with Gasteiger partial charge in [-0.25, -0.2) is 0 Å². The van der Waals surface area contributed by atoms with Gasteiger partial charge in [0.25, 0.3) is 0 Å². The van der Waals surface area contributed by atoms with Gasteiger partial charge in [-0.15, -0.1) is 10.2 Å². The van der Waals surface area contributed by atoms with Gasteiger partial charge in [0.05, 0.1) is 0 Å². The molecule has 0 saturated heterocycles. The van der Waals surface area contributed by atoms with Crippen molar-refractivity contribution in [3.63, 3.8) is 0 Å². The number of anilines is 2. The lowest BCUT2D eigenvalue weighted by Crippen LogP contribution is -2.09. The second kappa shape index (κ2) is 9.62. The van der Waals surface area contributed by atoms with Crippen molar-refractivity contribution in [3.8, 4) is 0 Å². The van der Waals surface area contributed by atoms with Crippen molar-refractivity contribution in [2.24, 2.45) is 22.0 Å². The smallest absolute Gasteiger partial charge is 0.176 e. The Morgan fingerprint density at radius 1 is 0.679 bits per heavy atom. The molecule has 0 atom stereocenters. The number of hydrogen-bond donors (Lipinski definition) is 2. The molecular formula is C22H30N6. The van der Waals surface area contributed by atoms with Crippen molar-refractivity contribution in [3.05, 3.63) is 24.3 Å². The minimum absolute atomic E-state index is 0.579. The molecule has 6 heteroatoms. The molecule has 0 spiro atoms. The van der Waals surface area contributed by atoms with Gasteiger partial charge in [-0.2, -0.15) is 10.2 Å². The molecule has 1 aromatic carbocycles. The van der Waals surface area contributed by atoms with Crippen LogP contribution in [0.2, 0.25) is 0 Å². The van der Waals surface area contributed by atoms with Crippen LogP contribution in [0.25, 0.3) is 10.8 Å². The van der Waals surface area contributed by atoms with E-state index in [4.69, 9.17) is 0 Å². The Morgan fingerprint density at radius 3 is 1.54 bits per heavy atom. The van der Waals surface area contributed by atoms with Crippen molar-refractivity contribution in [2.45, 2.75) is 64.2 Å².